The van der Waals surface area contributed by atoms with Crippen LogP contribution >= 0.6 is 0 Å². The van der Waals surface area contributed by atoms with Crippen LogP contribution in [0.25, 0.3) is 67.4 Å². The molecule has 232 valence electrons. The van der Waals surface area contributed by atoms with Crippen LogP contribution in [0.2, 0.25) is 0 Å². The number of oxazole rings is 2. The maximum absolute atomic E-state index is 6.28. The molecule has 1 aliphatic carbocycles. The summed E-state index contributed by atoms with van der Waals surface area (Å²) in [4.78, 5) is 9.71. The van der Waals surface area contributed by atoms with Gasteiger partial charge in [0, 0.05) is 16.5 Å². The van der Waals surface area contributed by atoms with Crippen molar-refractivity contribution in [2.75, 3.05) is 0 Å². The van der Waals surface area contributed by atoms with Gasteiger partial charge in [0.05, 0.1) is 0 Å². The lowest BCUT2D eigenvalue weighted by molar-refractivity contribution is 0.587. The Morgan fingerprint density at radius 1 is 0.500 bits per heavy atom. The van der Waals surface area contributed by atoms with Crippen molar-refractivity contribution in [2.24, 2.45) is 0 Å². The molecule has 0 bridgehead atoms. The lowest BCUT2D eigenvalue weighted by Crippen LogP contribution is -2.23. The summed E-state index contributed by atoms with van der Waals surface area (Å²) in [5.41, 5.74) is 14.6. The van der Waals surface area contributed by atoms with Gasteiger partial charge in [-0.2, -0.15) is 0 Å². The number of nitrogens with zero attached hydrogens (tertiary/aromatic N) is 2. The van der Waals surface area contributed by atoms with Crippen LogP contribution in [0.4, 0.5) is 0 Å². The van der Waals surface area contributed by atoms with Gasteiger partial charge in [0.15, 0.2) is 11.2 Å². The Bertz CT molecular complexity index is 2360. The van der Waals surface area contributed by atoms with Crippen molar-refractivity contribution in [1.29, 1.82) is 0 Å². The molecule has 1 atom stereocenters. The second kappa shape index (κ2) is 10.4. The van der Waals surface area contributed by atoms with E-state index in [1.165, 1.54) is 33.4 Å². The molecule has 1 aliphatic rings. The third-order valence-corrected chi connectivity index (χ3v) is 9.97. The quantitative estimate of drug-likeness (QED) is 0.196. The zero-order chi connectivity index (χ0) is 32.6. The number of para-hydroxylation sites is 4. The van der Waals surface area contributed by atoms with E-state index in [4.69, 9.17) is 18.8 Å². The molecule has 0 saturated carbocycles. The molecule has 9 rings (SSSR count). The normalized spacial score (nSPS) is 15.6. The lowest BCUT2D eigenvalue weighted by Gasteiger charge is -2.30. The first kappa shape index (κ1) is 28.5. The maximum Gasteiger partial charge on any atom is 0.227 e. The molecule has 48 heavy (non-hydrogen) atoms. The SMILES string of the molecule is CC(C)(C)c1ccc2c(c1)C(C)(c1ccccc1)c1cc(-c3cc(-c4nc5ccccc5o4)cc(-c4nc5ccccc5o4)c3)ccc1-2. The van der Waals surface area contributed by atoms with Crippen LogP contribution in [0, 0.1) is 0 Å². The molecule has 2 heterocycles. The topological polar surface area (TPSA) is 52.1 Å². The van der Waals surface area contributed by atoms with Gasteiger partial charge in [0.25, 0.3) is 0 Å². The van der Waals surface area contributed by atoms with Gasteiger partial charge in [-0.05, 0) is 105 Å². The van der Waals surface area contributed by atoms with E-state index in [1.54, 1.807) is 0 Å². The van der Waals surface area contributed by atoms with Crippen LogP contribution < -0.4 is 0 Å². The highest BCUT2D eigenvalue weighted by Crippen LogP contribution is 2.54. The second-order valence-corrected chi connectivity index (χ2v) is 14.0. The fraction of sp³-hybridized carbons (Fsp3) is 0.136. The largest absolute Gasteiger partial charge is 0.436 e. The number of hydrogen-bond acceptors (Lipinski definition) is 4. The molecule has 4 heteroatoms. The van der Waals surface area contributed by atoms with Gasteiger partial charge in [-0.15, -0.1) is 0 Å². The van der Waals surface area contributed by atoms with E-state index in [0.717, 1.165) is 44.5 Å². The average Bonchev–Trinajstić information content (AvgIpc) is 3.81. The van der Waals surface area contributed by atoms with Crippen LogP contribution in [0.5, 0.6) is 0 Å². The molecule has 2 aromatic heterocycles. The van der Waals surface area contributed by atoms with Gasteiger partial charge in [0.2, 0.25) is 11.8 Å². The van der Waals surface area contributed by atoms with Crippen LogP contribution in [0.15, 0.2) is 142 Å². The minimum atomic E-state index is -0.329. The summed E-state index contributed by atoms with van der Waals surface area (Å²) in [6.45, 7) is 9.23. The van der Waals surface area contributed by atoms with E-state index in [-0.39, 0.29) is 10.8 Å². The second-order valence-electron chi connectivity index (χ2n) is 14.0. The molecule has 8 aromatic rings. The van der Waals surface area contributed by atoms with E-state index in [9.17, 15) is 0 Å². The smallest absolute Gasteiger partial charge is 0.227 e. The van der Waals surface area contributed by atoms with E-state index in [2.05, 4.69) is 113 Å². The Morgan fingerprint density at radius 2 is 1.02 bits per heavy atom. The summed E-state index contributed by atoms with van der Waals surface area (Å²) in [5, 5.41) is 0. The number of benzene rings is 6. The Morgan fingerprint density at radius 3 is 1.60 bits per heavy atom. The molecule has 0 aliphatic heterocycles. The molecule has 0 saturated heterocycles. The Balaban J connectivity index is 1.26. The van der Waals surface area contributed by atoms with Gasteiger partial charge in [-0.25, -0.2) is 9.97 Å². The van der Waals surface area contributed by atoms with Crippen molar-refractivity contribution in [3.05, 3.63) is 156 Å². The lowest BCUT2D eigenvalue weighted by atomic mass is 9.72. The standard InChI is InChI=1S/C44H34N2O2/c1-43(2,3)32-19-21-34-33-20-18-27(25-35(33)44(4,36(34)26-32)31-12-6-5-7-13-31)28-22-29(41-45-37-14-8-10-16-39(37)47-41)24-30(23-28)42-46-38-15-9-11-17-40(38)48-42/h5-26H,1-4H3. The number of rotatable bonds is 4. The number of hydrogen-bond donors (Lipinski definition) is 0. The zero-order valence-corrected chi connectivity index (χ0v) is 27.4. The summed E-state index contributed by atoms with van der Waals surface area (Å²) in [6, 6.07) is 47.0. The summed E-state index contributed by atoms with van der Waals surface area (Å²) >= 11 is 0. The summed E-state index contributed by atoms with van der Waals surface area (Å²) < 4.78 is 12.6. The summed E-state index contributed by atoms with van der Waals surface area (Å²) in [7, 11) is 0. The van der Waals surface area contributed by atoms with Gasteiger partial charge < -0.3 is 8.83 Å². The van der Waals surface area contributed by atoms with Crippen molar-refractivity contribution in [2.45, 2.75) is 38.5 Å². The van der Waals surface area contributed by atoms with Crippen molar-refractivity contribution in [1.82, 2.24) is 9.97 Å². The van der Waals surface area contributed by atoms with Crippen LogP contribution in [-0.4, -0.2) is 9.97 Å². The van der Waals surface area contributed by atoms with Crippen molar-refractivity contribution in [3.63, 3.8) is 0 Å². The minimum Gasteiger partial charge on any atom is -0.436 e. The monoisotopic (exact) mass is 622 g/mol. The summed E-state index contributed by atoms with van der Waals surface area (Å²) in [6.07, 6.45) is 0. The fourth-order valence-electron chi connectivity index (χ4n) is 7.29. The van der Waals surface area contributed by atoms with E-state index in [0.29, 0.717) is 11.8 Å². The van der Waals surface area contributed by atoms with E-state index >= 15 is 0 Å². The first-order valence-electron chi connectivity index (χ1n) is 16.5. The van der Waals surface area contributed by atoms with Crippen molar-refractivity contribution < 1.29 is 8.83 Å². The maximum atomic E-state index is 6.28. The summed E-state index contributed by atoms with van der Waals surface area (Å²) in [5.74, 6) is 1.13. The van der Waals surface area contributed by atoms with Crippen molar-refractivity contribution in [3.8, 4) is 45.2 Å². The third-order valence-electron chi connectivity index (χ3n) is 9.97. The first-order valence-corrected chi connectivity index (χ1v) is 16.5. The third kappa shape index (κ3) is 4.44. The molecule has 6 aromatic carbocycles. The molecule has 0 amide bonds. The molecule has 0 radical (unpaired) electrons. The predicted molar refractivity (Wildman–Crippen MR) is 194 cm³/mol. The molecular formula is C44H34N2O2. The highest BCUT2D eigenvalue weighted by Gasteiger charge is 2.41. The van der Waals surface area contributed by atoms with Crippen LogP contribution in [0.1, 0.15) is 49.9 Å². The predicted octanol–water partition coefficient (Wildman–Crippen LogP) is 11.6. The van der Waals surface area contributed by atoms with E-state index < -0.39 is 0 Å². The molecule has 0 fully saturated rings. The van der Waals surface area contributed by atoms with Gasteiger partial charge >= 0.3 is 0 Å². The fourth-order valence-corrected chi connectivity index (χ4v) is 7.29. The van der Waals surface area contributed by atoms with Crippen LogP contribution in [0.3, 0.4) is 0 Å². The Kier molecular flexibility index (Phi) is 6.16. The van der Waals surface area contributed by atoms with Crippen LogP contribution in [-0.2, 0) is 10.8 Å². The Hall–Kier alpha value is -5.74. The molecule has 4 nitrogen and oxygen atoms in total. The highest BCUT2D eigenvalue weighted by atomic mass is 16.4. The molecule has 0 spiro atoms. The van der Waals surface area contributed by atoms with E-state index in [1.807, 2.05) is 48.5 Å². The minimum absolute atomic E-state index is 0.0405. The number of aromatic nitrogens is 2. The van der Waals surface area contributed by atoms with Crippen molar-refractivity contribution >= 4 is 22.2 Å². The molecule has 0 N–H and O–H groups in total. The highest BCUT2D eigenvalue weighted by molar-refractivity contribution is 5.88. The number of fused-ring (bicyclic) bond motifs is 5. The first-order chi connectivity index (χ1) is 23.3. The van der Waals surface area contributed by atoms with Gasteiger partial charge in [0.1, 0.15) is 11.0 Å². The average molecular weight is 623 g/mol. The van der Waals surface area contributed by atoms with Gasteiger partial charge in [-0.3, -0.25) is 0 Å². The molecular weight excluding hydrogens is 588 g/mol. The zero-order valence-electron chi connectivity index (χ0n) is 27.4. The Labute approximate surface area is 279 Å². The molecule has 1 unspecified atom stereocenters. The van der Waals surface area contributed by atoms with Gasteiger partial charge in [-0.1, -0.05) is 106 Å².